The van der Waals surface area contributed by atoms with Gasteiger partial charge in [-0.1, -0.05) is 18.2 Å². The van der Waals surface area contributed by atoms with Crippen molar-refractivity contribution in [2.45, 2.75) is 16.4 Å². The van der Waals surface area contributed by atoms with Crippen molar-refractivity contribution in [2.75, 3.05) is 5.01 Å². The molecule has 0 bridgehead atoms. The number of benzene rings is 2. The van der Waals surface area contributed by atoms with Gasteiger partial charge in [-0.2, -0.15) is 10.1 Å². The number of H-pyrrole nitrogens is 1. The minimum Gasteiger partial charge on any atom is -0.744 e. The van der Waals surface area contributed by atoms with Gasteiger partial charge in [-0.3, -0.25) is 19.9 Å². The second-order valence-corrected chi connectivity index (χ2v) is 11.3. The molecule has 0 atom stereocenters. The number of aromatic nitrogens is 2. The number of carboxylic acid groups (broad SMARTS) is 1. The SMILES string of the molecule is O=C(O)C1=NN(c2ccc(S(=O)(=O)[O-])cc2)C(=O)C1=CC=CC=Cc1c(COO)[nH]n(-c2ccc(S(=O)(=O)[O-])cc2)c1=O.[K+].[K+]. The summed E-state index contributed by atoms with van der Waals surface area (Å²) < 4.78 is 67.9. The van der Waals surface area contributed by atoms with Gasteiger partial charge in [0.1, 0.15) is 26.8 Å². The van der Waals surface area contributed by atoms with E-state index in [9.17, 15) is 45.4 Å². The number of amides is 1. The minimum absolute atomic E-state index is 0. The van der Waals surface area contributed by atoms with Crippen LogP contribution < -0.4 is 113 Å². The summed E-state index contributed by atoms with van der Waals surface area (Å²) in [6, 6.07) is 8.60. The summed E-state index contributed by atoms with van der Waals surface area (Å²) in [7, 11) is -9.44. The number of carboxylic acids is 1. The smallest absolute Gasteiger partial charge is 0.744 e. The van der Waals surface area contributed by atoms with E-state index < -0.39 is 59.8 Å². The van der Waals surface area contributed by atoms with Crippen LogP contribution in [0.25, 0.3) is 11.8 Å². The number of aromatic amines is 1. The molecule has 4 rings (SSSR count). The number of carbonyl (C=O) groups excluding carboxylic acids is 1. The molecule has 2 aromatic carbocycles. The van der Waals surface area contributed by atoms with Gasteiger partial charge in [0.05, 0.1) is 38.0 Å². The molecule has 3 aromatic rings. The van der Waals surface area contributed by atoms with Crippen molar-refractivity contribution in [2.24, 2.45) is 5.10 Å². The molecule has 224 valence electrons. The van der Waals surface area contributed by atoms with Gasteiger partial charge >= 0.3 is 109 Å². The number of hydrogen-bond donors (Lipinski definition) is 3. The fraction of sp³-hybridized carbons (Fsp3) is 0.0400. The van der Waals surface area contributed by atoms with E-state index >= 15 is 0 Å². The first-order chi connectivity index (χ1) is 20.2. The maximum absolute atomic E-state index is 13.0. The van der Waals surface area contributed by atoms with Crippen LogP contribution in [-0.4, -0.2) is 63.7 Å². The third-order valence-electron chi connectivity index (χ3n) is 5.80. The van der Waals surface area contributed by atoms with E-state index in [1.54, 1.807) is 0 Å². The quantitative estimate of drug-likeness (QED) is 0.0447. The number of hydrogen-bond acceptors (Lipinski definition) is 12. The van der Waals surface area contributed by atoms with Crippen molar-refractivity contribution in [1.29, 1.82) is 0 Å². The first-order valence-electron chi connectivity index (χ1n) is 11.7. The van der Waals surface area contributed by atoms with Crippen molar-refractivity contribution in [3.05, 3.63) is 100 Å². The normalized spacial score (nSPS) is 14.6. The summed E-state index contributed by atoms with van der Waals surface area (Å²) in [5.41, 5.74) is -1.24. The average molecular weight is 709 g/mol. The van der Waals surface area contributed by atoms with E-state index in [1.807, 2.05) is 0 Å². The van der Waals surface area contributed by atoms with Gasteiger partial charge in [0.25, 0.3) is 11.5 Å². The molecule has 1 aliphatic rings. The number of nitrogens with zero attached hydrogens (tertiary/aromatic N) is 3. The van der Waals surface area contributed by atoms with Gasteiger partial charge in [-0.25, -0.2) is 31.2 Å². The molecule has 0 unspecified atom stereocenters. The maximum Gasteiger partial charge on any atom is 1.00 e. The Morgan fingerprint density at radius 3 is 1.91 bits per heavy atom. The third kappa shape index (κ3) is 9.44. The largest absolute Gasteiger partial charge is 1.00 e. The standard InChI is InChI=1S/C25H20N4O12S2.2K/c30-23-19(21(14-41-34)26-28(23)15-6-10-17(11-7-15)42(35,36)37)4-2-1-3-5-20-22(25(32)33)27-29(24(20)31)16-8-12-18(13-9-16)43(38,39)40;;/h1-13,26,34H,14H2,(H,32,33)(H,35,36,37)(H,38,39,40);;/q;2*+1/p-2. The van der Waals surface area contributed by atoms with Crippen LogP contribution in [0.4, 0.5) is 5.69 Å². The van der Waals surface area contributed by atoms with Gasteiger partial charge in [0, 0.05) is 0 Å². The molecular weight excluding hydrogens is 691 g/mol. The topological polar surface area (TPSA) is 252 Å². The summed E-state index contributed by atoms with van der Waals surface area (Å²) in [6.07, 6.45) is 6.46. The Hall–Kier alpha value is -1.71. The Balaban J connectivity index is 0.00000353. The van der Waals surface area contributed by atoms with Gasteiger partial charge in [0.2, 0.25) is 0 Å². The summed E-state index contributed by atoms with van der Waals surface area (Å²) >= 11 is 0. The molecule has 0 spiro atoms. The van der Waals surface area contributed by atoms with E-state index in [2.05, 4.69) is 15.1 Å². The average Bonchev–Trinajstić information content (AvgIpc) is 3.44. The zero-order valence-electron chi connectivity index (χ0n) is 23.3. The van der Waals surface area contributed by atoms with E-state index in [0.29, 0.717) is 0 Å². The molecule has 2 heterocycles. The summed E-state index contributed by atoms with van der Waals surface area (Å²) in [6.45, 7) is -0.437. The molecule has 0 saturated carbocycles. The molecule has 1 aromatic heterocycles. The molecule has 20 heteroatoms. The van der Waals surface area contributed by atoms with Crippen LogP contribution in [0, 0.1) is 0 Å². The van der Waals surface area contributed by atoms with E-state index in [0.717, 1.165) is 52.2 Å². The predicted molar refractivity (Wildman–Crippen MR) is 145 cm³/mol. The fourth-order valence-corrected chi connectivity index (χ4v) is 4.74. The third-order valence-corrected chi connectivity index (χ3v) is 7.50. The molecule has 0 radical (unpaired) electrons. The van der Waals surface area contributed by atoms with Gasteiger partial charge < -0.3 is 14.2 Å². The molecule has 0 aliphatic carbocycles. The van der Waals surface area contributed by atoms with Crippen molar-refractivity contribution >= 4 is 49.6 Å². The van der Waals surface area contributed by atoms with Crippen LogP contribution in [0.2, 0.25) is 0 Å². The van der Waals surface area contributed by atoms with Crippen molar-refractivity contribution in [3.8, 4) is 5.69 Å². The molecule has 45 heavy (non-hydrogen) atoms. The summed E-state index contributed by atoms with van der Waals surface area (Å²) in [5.74, 6) is -2.37. The zero-order chi connectivity index (χ0) is 31.5. The molecule has 16 nitrogen and oxygen atoms in total. The number of carbonyl (C=O) groups is 2. The summed E-state index contributed by atoms with van der Waals surface area (Å²) in [5, 5.41) is 25.6. The van der Waals surface area contributed by atoms with Crippen molar-refractivity contribution in [3.63, 3.8) is 0 Å². The summed E-state index contributed by atoms with van der Waals surface area (Å²) in [4.78, 5) is 40.6. The number of nitrogens with one attached hydrogen (secondary N) is 1. The number of hydrazone groups is 1. The Morgan fingerprint density at radius 2 is 1.42 bits per heavy atom. The molecular formula is C25H18K2N4O12S2. The molecule has 0 saturated heterocycles. The van der Waals surface area contributed by atoms with Crippen LogP contribution in [0.15, 0.2) is 98.1 Å². The first kappa shape index (κ1) is 39.5. The van der Waals surface area contributed by atoms with Crippen molar-refractivity contribution < 1.29 is 154 Å². The Kier molecular flexibility index (Phi) is 14.4. The monoisotopic (exact) mass is 708 g/mol. The van der Waals surface area contributed by atoms with Crippen LogP contribution in [0.3, 0.4) is 0 Å². The van der Waals surface area contributed by atoms with E-state index in [1.165, 1.54) is 36.4 Å². The molecule has 3 N–H and O–H groups in total. The molecule has 0 fully saturated rings. The first-order valence-corrected chi connectivity index (χ1v) is 14.5. The van der Waals surface area contributed by atoms with Gasteiger partial charge in [0.15, 0.2) is 5.71 Å². The van der Waals surface area contributed by atoms with Crippen molar-refractivity contribution in [1.82, 2.24) is 9.78 Å². The second kappa shape index (κ2) is 16.4. The van der Waals surface area contributed by atoms with E-state index in [-0.39, 0.29) is 131 Å². The van der Waals surface area contributed by atoms with Gasteiger partial charge in [-0.15, -0.1) is 0 Å². The maximum atomic E-state index is 13.0. The fourth-order valence-electron chi connectivity index (χ4n) is 3.81. The van der Waals surface area contributed by atoms with Crippen LogP contribution in [-0.2, 0) is 41.3 Å². The minimum atomic E-state index is -4.74. The number of rotatable bonds is 10. The Morgan fingerprint density at radius 1 is 0.889 bits per heavy atom. The number of allylic oxidation sites excluding steroid dienone is 4. The Labute approximate surface area is 340 Å². The van der Waals surface area contributed by atoms with Crippen LogP contribution in [0.1, 0.15) is 11.3 Å². The number of anilines is 1. The Bertz CT molecular complexity index is 2000. The van der Waals surface area contributed by atoms with Crippen LogP contribution >= 0.6 is 0 Å². The van der Waals surface area contributed by atoms with E-state index in [4.69, 9.17) is 5.26 Å². The van der Waals surface area contributed by atoms with Gasteiger partial charge in [-0.05, 0) is 60.7 Å². The predicted octanol–water partition coefficient (Wildman–Crippen LogP) is -5.05. The number of aliphatic carboxylic acids is 1. The zero-order valence-corrected chi connectivity index (χ0v) is 31.2. The van der Waals surface area contributed by atoms with Crippen LogP contribution in [0.5, 0.6) is 0 Å². The molecule has 1 aliphatic heterocycles. The second-order valence-electron chi connectivity index (χ2n) is 8.51. The molecule has 1 amide bonds.